The Labute approximate surface area is 110 Å². The van der Waals surface area contributed by atoms with Crippen LogP contribution in [0.5, 0.6) is 0 Å². The van der Waals surface area contributed by atoms with Crippen LogP contribution < -0.4 is 5.32 Å². The third-order valence-electron chi connectivity index (χ3n) is 2.50. The molecule has 0 unspecified atom stereocenters. The van der Waals surface area contributed by atoms with Gasteiger partial charge in [-0.3, -0.25) is 4.68 Å². The molecule has 1 N–H and O–H groups in total. The molecular formula is C13H16BrN3. The Balaban J connectivity index is 1.97. The molecule has 2 aromatic rings. The van der Waals surface area contributed by atoms with Crippen LogP contribution in [0.1, 0.15) is 25.5 Å². The van der Waals surface area contributed by atoms with Crippen molar-refractivity contribution in [2.75, 3.05) is 5.32 Å². The lowest BCUT2D eigenvalue weighted by molar-refractivity contribution is 0.534. The van der Waals surface area contributed by atoms with E-state index >= 15 is 0 Å². The number of halogens is 1. The second-order valence-electron chi connectivity index (χ2n) is 4.26. The normalized spacial score (nSPS) is 10.8. The average Bonchev–Trinajstić information content (AvgIpc) is 2.75. The van der Waals surface area contributed by atoms with E-state index in [0.29, 0.717) is 6.04 Å². The van der Waals surface area contributed by atoms with Crippen molar-refractivity contribution in [3.05, 3.63) is 46.6 Å². The van der Waals surface area contributed by atoms with E-state index in [1.165, 1.54) is 5.56 Å². The minimum atomic E-state index is 0.399. The number of benzene rings is 1. The molecule has 1 heterocycles. The van der Waals surface area contributed by atoms with Gasteiger partial charge in [0.2, 0.25) is 0 Å². The standard InChI is InChI=1S/C13H16BrN3/c1-10(2)17-7-6-13(16-17)15-9-11-4-3-5-12(14)8-11/h3-8,10H,9H2,1-2H3,(H,15,16). The number of rotatable bonds is 4. The summed E-state index contributed by atoms with van der Waals surface area (Å²) in [5, 5.41) is 7.75. The lowest BCUT2D eigenvalue weighted by Gasteiger charge is -2.05. The zero-order valence-electron chi connectivity index (χ0n) is 10.0. The Kier molecular flexibility index (Phi) is 3.84. The first kappa shape index (κ1) is 12.2. The molecule has 0 saturated carbocycles. The Hall–Kier alpha value is -1.29. The van der Waals surface area contributed by atoms with Gasteiger partial charge in [0.05, 0.1) is 0 Å². The number of anilines is 1. The maximum absolute atomic E-state index is 4.44. The highest BCUT2D eigenvalue weighted by molar-refractivity contribution is 9.10. The van der Waals surface area contributed by atoms with Gasteiger partial charge in [-0.05, 0) is 31.5 Å². The van der Waals surface area contributed by atoms with Crippen LogP contribution in [-0.2, 0) is 6.54 Å². The van der Waals surface area contributed by atoms with Crippen molar-refractivity contribution >= 4 is 21.7 Å². The summed E-state index contributed by atoms with van der Waals surface area (Å²) < 4.78 is 3.05. The molecule has 4 heteroatoms. The van der Waals surface area contributed by atoms with E-state index in [1.54, 1.807) is 0 Å². The summed E-state index contributed by atoms with van der Waals surface area (Å²) >= 11 is 3.46. The first-order valence-corrected chi connectivity index (χ1v) is 6.48. The van der Waals surface area contributed by atoms with Crippen LogP contribution in [0, 0.1) is 0 Å². The molecule has 90 valence electrons. The van der Waals surface area contributed by atoms with Gasteiger partial charge in [0.15, 0.2) is 0 Å². The molecule has 17 heavy (non-hydrogen) atoms. The minimum Gasteiger partial charge on any atom is -0.365 e. The van der Waals surface area contributed by atoms with Gasteiger partial charge in [0, 0.05) is 29.3 Å². The number of nitrogens with zero attached hydrogens (tertiary/aromatic N) is 2. The average molecular weight is 294 g/mol. The van der Waals surface area contributed by atoms with E-state index in [0.717, 1.165) is 16.8 Å². The van der Waals surface area contributed by atoms with E-state index in [2.05, 4.69) is 52.3 Å². The molecular weight excluding hydrogens is 278 g/mol. The molecule has 0 fully saturated rings. The smallest absolute Gasteiger partial charge is 0.148 e. The zero-order chi connectivity index (χ0) is 12.3. The molecule has 0 aliphatic heterocycles. The molecule has 1 aromatic heterocycles. The Morgan fingerprint density at radius 2 is 2.18 bits per heavy atom. The molecule has 0 saturated heterocycles. The van der Waals surface area contributed by atoms with Crippen LogP contribution in [0.25, 0.3) is 0 Å². The van der Waals surface area contributed by atoms with Gasteiger partial charge >= 0.3 is 0 Å². The zero-order valence-corrected chi connectivity index (χ0v) is 11.6. The SMILES string of the molecule is CC(C)n1ccc(NCc2cccc(Br)c2)n1. The van der Waals surface area contributed by atoms with Crippen LogP contribution in [0.4, 0.5) is 5.82 Å². The fourth-order valence-corrected chi connectivity index (χ4v) is 2.01. The lowest BCUT2D eigenvalue weighted by Crippen LogP contribution is -2.04. The summed E-state index contributed by atoms with van der Waals surface area (Å²) in [6.45, 7) is 5.02. The molecule has 0 aliphatic carbocycles. The third kappa shape index (κ3) is 3.33. The van der Waals surface area contributed by atoms with Gasteiger partial charge in [-0.1, -0.05) is 28.1 Å². The van der Waals surface area contributed by atoms with Crippen molar-refractivity contribution in [1.82, 2.24) is 9.78 Å². The number of aromatic nitrogens is 2. The van der Waals surface area contributed by atoms with E-state index in [4.69, 9.17) is 0 Å². The molecule has 1 aromatic carbocycles. The molecule has 2 rings (SSSR count). The molecule has 3 nitrogen and oxygen atoms in total. The van der Waals surface area contributed by atoms with Crippen molar-refractivity contribution in [2.24, 2.45) is 0 Å². The van der Waals surface area contributed by atoms with Gasteiger partial charge < -0.3 is 5.32 Å². The minimum absolute atomic E-state index is 0.399. The molecule has 0 atom stereocenters. The number of hydrogen-bond donors (Lipinski definition) is 1. The van der Waals surface area contributed by atoms with Gasteiger partial charge in [-0.25, -0.2) is 0 Å². The molecule has 0 aliphatic rings. The van der Waals surface area contributed by atoms with Gasteiger partial charge in [0.1, 0.15) is 5.82 Å². The van der Waals surface area contributed by atoms with Crippen LogP contribution in [0.2, 0.25) is 0 Å². The van der Waals surface area contributed by atoms with Crippen molar-refractivity contribution in [3.8, 4) is 0 Å². The van der Waals surface area contributed by atoms with Crippen LogP contribution in [0.15, 0.2) is 41.0 Å². The predicted octanol–water partition coefficient (Wildman–Crippen LogP) is 3.84. The van der Waals surface area contributed by atoms with Crippen molar-refractivity contribution < 1.29 is 0 Å². The maximum Gasteiger partial charge on any atom is 0.148 e. The highest BCUT2D eigenvalue weighted by Gasteiger charge is 2.01. The summed E-state index contributed by atoms with van der Waals surface area (Å²) in [7, 11) is 0. The van der Waals surface area contributed by atoms with E-state index in [1.807, 2.05) is 29.1 Å². The molecule has 0 spiro atoms. The molecule has 0 amide bonds. The summed E-state index contributed by atoms with van der Waals surface area (Å²) in [5.74, 6) is 0.915. The molecule has 0 bridgehead atoms. The Morgan fingerprint density at radius 3 is 2.82 bits per heavy atom. The fourth-order valence-electron chi connectivity index (χ4n) is 1.56. The van der Waals surface area contributed by atoms with Crippen molar-refractivity contribution in [1.29, 1.82) is 0 Å². The van der Waals surface area contributed by atoms with Crippen molar-refractivity contribution in [2.45, 2.75) is 26.4 Å². The summed E-state index contributed by atoms with van der Waals surface area (Å²) in [5.41, 5.74) is 1.23. The summed E-state index contributed by atoms with van der Waals surface area (Å²) in [6.07, 6.45) is 1.99. The monoisotopic (exact) mass is 293 g/mol. The first-order valence-electron chi connectivity index (χ1n) is 5.68. The third-order valence-corrected chi connectivity index (χ3v) is 2.99. The first-order chi connectivity index (χ1) is 8.15. The molecule has 0 radical (unpaired) electrons. The van der Waals surface area contributed by atoms with Crippen LogP contribution in [0.3, 0.4) is 0 Å². The van der Waals surface area contributed by atoms with Gasteiger partial charge in [0.25, 0.3) is 0 Å². The van der Waals surface area contributed by atoms with Crippen LogP contribution in [-0.4, -0.2) is 9.78 Å². The van der Waals surface area contributed by atoms with Crippen molar-refractivity contribution in [3.63, 3.8) is 0 Å². The van der Waals surface area contributed by atoms with Gasteiger partial charge in [-0.15, -0.1) is 0 Å². The van der Waals surface area contributed by atoms with E-state index in [9.17, 15) is 0 Å². The lowest BCUT2D eigenvalue weighted by atomic mass is 10.2. The quantitative estimate of drug-likeness (QED) is 0.928. The number of hydrogen-bond acceptors (Lipinski definition) is 2. The highest BCUT2D eigenvalue weighted by atomic mass is 79.9. The second-order valence-corrected chi connectivity index (χ2v) is 5.17. The Bertz CT molecular complexity index is 491. The van der Waals surface area contributed by atoms with E-state index in [-0.39, 0.29) is 0 Å². The largest absolute Gasteiger partial charge is 0.365 e. The summed E-state index contributed by atoms with van der Waals surface area (Å²) in [6, 6.07) is 10.7. The highest BCUT2D eigenvalue weighted by Crippen LogP contribution is 2.13. The number of nitrogens with one attached hydrogen (secondary N) is 1. The van der Waals surface area contributed by atoms with Gasteiger partial charge in [-0.2, -0.15) is 5.10 Å². The van der Waals surface area contributed by atoms with E-state index < -0.39 is 0 Å². The topological polar surface area (TPSA) is 29.9 Å². The fraction of sp³-hybridized carbons (Fsp3) is 0.308. The summed E-state index contributed by atoms with van der Waals surface area (Å²) in [4.78, 5) is 0. The van der Waals surface area contributed by atoms with Crippen LogP contribution >= 0.6 is 15.9 Å². The predicted molar refractivity (Wildman–Crippen MR) is 74.1 cm³/mol. The Morgan fingerprint density at radius 1 is 1.35 bits per heavy atom. The maximum atomic E-state index is 4.44. The second kappa shape index (κ2) is 5.36.